The smallest absolute Gasteiger partial charge is 0.263 e. The standard InChI is InChI=1S/C18H24N4O4/c1-13(14-5-6-16(25-2)17(9-14)26-3)21-18(24)15(10-20)11-22(12-23)8-4-7-19/h5-6,9,11-13H,4,7-8,19H2,1-3H3,(H,21,24)/b15-11-. The number of ether oxygens (including phenoxy) is 2. The minimum absolute atomic E-state index is 0.165. The van der Waals surface area contributed by atoms with Crippen molar-refractivity contribution in [1.29, 1.82) is 5.26 Å². The normalized spacial score (nSPS) is 11.9. The minimum atomic E-state index is -0.575. The van der Waals surface area contributed by atoms with Gasteiger partial charge in [0.15, 0.2) is 11.5 Å². The molecule has 1 aromatic rings. The number of nitrogens with zero attached hydrogens (tertiary/aromatic N) is 2. The lowest BCUT2D eigenvalue weighted by Gasteiger charge is -2.17. The maximum Gasteiger partial charge on any atom is 0.263 e. The summed E-state index contributed by atoms with van der Waals surface area (Å²) in [4.78, 5) is 24.6. The van der Waals surface area contributed by atoms with E-state index < -0.39 is 5.91 Å². The van der Waals surface area contributed by atoms with Gasteiger partial charge in [0.25, 0.3) is 5.91 Å². The SMILES string of the molecule is COc1ccc(C(C)NC(=O)/C(C#N)=C\N(C=O)CCCN)cc1OC. The van der Waals surface area contributed by atoms with Gasteiger partial charge >= 0.3 is 0 Å². The molecule has 0 spiro atoms. The highest BCUT2D eigenvalue weighted by molar-refractivity contribution is 5.97. The molecule has 0 saturated heterocycles. The third-order valence-electron chi connectivity index (χ3n) is 3.67. The number of benzene rings is 1. The maximum atomic E-state index is 12.3. The van der Waals surface area contributed by atoms with E-state index in [1.165, 1.54) is 25.3 Å². The summed E-state index contributed by atoms with van der Waals surface area (Å²) in [6, 6.07) is 6.71. The molecule has 3 N–H and O–H groups in total. The van der Waals surface area contributed by atoms with Crippen LogP contribution in [0.4, 0.5) is 0 Å². The number of carbonyl (C=O) groups excluding carboxylic acids is 2. The summed E-state index contributed by atoms with van der Waals surface area (Å²) in [5.41, 5.74) is 6.02. The summed E-state index contributed by atoms with van der Waals surface area (Å²) in [5, 5.41) is 11.9. The Labute approximate surface area is 153 Å². The molecule has 2 amide bonds. The van der Waals surface area contributed by atoms with E-state index in [1.807, 2.05) is 6.07 Å². The zero-order valence-corrected chi connectivity index (χ0v) is 15.2. The molecule has 0 heterocycles. The average Bonchev–Trinajstić information content (AvgIpc) is 2.67. The van der Waals surface area contributed by atoms with Gasteiger partial charge in [-0.15, -0.1) is 0 Å². The largest absolute Gasteiger partial charge is 0.493 e. The minimum Gasteiger partial charge on any atom is -0.493 e. The molecule has 0 radical (unpaired) electrons. The van der Waals surface area contributed by atoms with Crippen LogP contribution in [0.15, 0.2) is 30.0 Å². The van der Waals surface area contributed by atoms with Crippen molar-refractivity contribution in [3.05, 3.63) is 35.5 Å². The summed E-state index contributed by atoms with van der Waals surface area (Å²) < 4.78 is 10.4. The van der Waals surface area contributed by atoms with Crippen molar-refractivity contribution in [2.75, 3.05) is 27.3 Å². The van der Waals surface area contributed by atoms with Gasteiger partial charge in [0.05, 0.1) is 20.3 Å². The fourth-order valence-corrected chi connectivity index (χ4v) is 2.21. The molecule has 1 rings (SSSR count). The molecule has 8 nitrogen and oxygen atoms in total. The van der Waals surface area contributed by atoms with Crippen LogP contribution in [-0.2, 0) is 9.59 Å². The molecule has 1 unspecified atom stereocenters. The highest BCUT2D eigenvalue weighted by Crippen LogP contribution is 2.29. The summed E-state index contributed by atoms with van der Waals surface area (Å²) in [6.07, 6.45) is 2.34. The van der Waals surface area contributed by atoms with Gasteiger partial charge in [-0.3, -0.25) is 9.59 Å². The number of carbonyl (C=O) groups is 2. The Morgan fingerprint density at radius 2 is 2.08 bits per heavy atom. The first-order valence-electron chi connectivity index (χ1n) is 8.06. The molecule has 0 aromatic heterocycles. The predicted molar refractivity (Wildman–Crippen MR) is 96.2 cm³/mol. The van der Waals surface area contributed by atoms with Crippen LogP contribution in [0, 0.1) is 11.3 Å². The maximum absolute atomic E-state index is 12.3. The van der Waals surface area contributed by atoms with Gasteiger partial charge in [-0.05, 0) is 37.6 Å². The summed E-state index contributed by atoms with van der Waals surface area (Å²) in [5.74, 6) is 0.541. The second-order valence-electron chi connectivity index (χ2n) is 5.45. The molecule has 0 aliphatic heterocycles. The Kier molecular flexibility index (Phi) is 8.67. The van der Waals surface area contributed by atoms with Crippen LogP contribution < -0.4 is 20.5 Å². The van der Waals surface area contributed by atoms with Crippen molar-refractivity contribution in [2.24, 2.45) is 5.73 Å². The number of amides is 2. The Hall–Kier alpha value is -3.05. The molecule has 8 heteroatoms. The van der Waals surface area contributed by atoms with E-state index >= 15 is 0 Å². The van der Waals surface area contributed by atoms with E-state index in [2.05, 4.69) is 5.32 Å². The van der Waals surface area contributed by atoms with E-state index in [1.54, 1.807) is 25.1 Å². The topological polar surface area (TPSA) is 118 Å². The highest BCUT2D eigenvalue weighted by atomic mass is 16.5. The van der Waals surface area contributed by atoms with Crippen LogP contribution in [0.2, 0.25) is 0 Å². The Bertz CT molecular complexity index is 697. The molecular formula is C18H24N4O4. The van der Waals surface area contributed by atoms with E-state index in [0.29, 0.717) is 37.4 Å². The number of hydrogen-bond acceptors (Lipinski definition) is 6. The fourth-order valence-electron chi connectivity index (χ4n) is 2.21. The molecule has 0 fully saturated rings. The van der Waals surface area contributed by atoms with Crippen molar-refractivity contribution in [3.63, 3.8) is 0 Å². The number of methoxy groups -OCH3 is 2. The molecule has 0 aliphatic carbocycles. The number of hydrogen-bond donors (Lipinski definition) is 2. The first-order valence-corrected chi connectivity index (χ1v) is 8.06. The van der Waals surface area contributed by atoms with Crippen LogP contribution in [-0.4, -0.2) is 44.5 Å². The van der Waals surface area contributed by atoms with Crippen LogP contribution in [0.25, 0.3) is 0 Å². The summed E-state index contributed by atoms with van der Waals surface area (Å²) >= 11 is 0. The molecular weight excluding hydrogens is 336 g/mol. The molecule has 1 aromatic carbocycles. The van der Waals surface area contributed by atoms with Gasteiger partial charge < -0.3 is 25.4 Å². The Morgan fingerprint density at radius 3 is 2.62 bits per heavy atom. The molecule has 140 valence electrons. The third-order valence-corrected chi connectivity index (χ3v) is 3.67. The summed E-state index contributed by atoms with van der Waals surface area (Å²) in [6.45, 7) is 2.52. The van der Waals surface area contributed by atoms with Crippen LogP contribution in [0.3, 0.4) is 0 Å². The second-order valence-corrected chi connectivity index (χ2v) is 5.45. The molecule has 1 atom stereocenters. The third kappa shape index (κ3) is 5.79. The first-order chi connectivity index (χ1) is 12.5. The lowest BCUT2D eigenvalue weighted by Crippen LogP contribution is -2.29. The molecule has 0 saturated carbocycles. The molecule has 26 heavy (non-hydrogen) atoms. The zero-order chi connectivity index (χ0) is 19.5. The number of rotatable bonds is 10. The number of nitrogens with two attached hydrogens (primary N) is 1. The van der Waals surface area contributed by atoms with E-state index in [9.17, 15) is 14.9 Å². The van der Waals surface area contributed by atoms with Gasteiger partial charge in [-0.2, -0.15) is 5.26 Å². The summed E-state index contributed by atoms with van der Waals surface area (Å²) in [7, 11) is 3.06. The Balaban J connectivity index is 2.90. The van der Waals surface area contributed by atoms with Gasteiger partial charge in [0, 0.05) is 12.7 Å². The van der Waals surface area contributed by atoms with Gasteiger partial charge in [-0.25, -0.2) is 0 Å². The van der Waals surface area contributed by atoms with Crippen molar-refractivity contribution in [3.8, 4) is 17.6 Å². The van der Waals surface area contributed by atoms with Crippen LogP contribution >= 0.6 is 0 Å². The lowest BCUT2D eigenvalue weighted by molar-refractivity contribution is -0.117. The van der Waals surface area contributed by atoms with E-state index in [4.69, 9.17) is 15.2 Å². The van der Waals surface area contributed by atoms with Crippen molar-refractivity contribution in [2.45, 2.75) is 19.4 Å². The quantitative estimate of drug-likeness (QED) is 0.366. The Morgan fingerprint density at radius 1 is 1.38 bits per heavy atom. The monoisotopic (exact) mass is 360 g/mol. The first kappa shape index (κ1) is 21.0. The molecule has 0 aliphatic rings. The fraction of sp³-hybridized carbons (Fsp3) is 0.389. The van der Waals surface area contributed by atoms with Crippen molar-refractivity contribution in [1.82, 2.24) is 10.2 Å². The van der Waals surface area contributed by atoms with E-state index in [-0.39, 0.29) is 11.6 Å². The van der Waals surface area contributed by atoms with Crippen LogP contribution in [0.1, 0.15) is 24.9 Å². The van der Waals surface area contributed by atoms with Gasteiger partial charge in [0.2, 0.25) is 6.41 Å². The zero-order valence-electron chi connectivity index (χ0n) is 15.2. The van der Waals surface area contributed by atoms with Gasteiger partial charge in [-0.1, -0.05) is 6.07 Å². The average molecular weight is 360 g/mol. The number of nitriles is 1. The van der Waals surface area contributed by atoms with Gasteiger partial charge in [0.1, 0.15) is 11.6 Å². The lowest BCUT2D eigenvalue weighted by atomic mass is 10.1. The van der Waals surface area contributed by atoms with Crippen LogP contribution in [0.5, 0.6) is 11.5 Å². The van der Waals surface area contributed by atoms with E-state index in [0.717, 1.165) is 5.56 Å². The highest BCUT2D eigenvalue weighted by Gasteiger charge is 2.16. The predicted octanol–water partition coefficient (Wildman–Crippen LogP) is 1.10. The number of nitrogens with one attached hydrogen (secondary N) is 1. The molecule has 0 bridgehead atoms. The van der Waals surface area contributed by atoms with Crippen molar-refractivity contribution >= 4 is 12.3 Å². The second kappa shape index (κ2) is 10.7. The van der Waals surface area contributed by atoms with Crippen molar-refractivity contribution < 1.29 is 19.1 Å².